The van der Waals surface area contributed by atoms with Crippen LogP contribution in [0.5, 0.6) is 17.4 Å². The number of aromatic nitrogens is 2. The summed E-state index contributed by atoms with van der Waals surface area (Å²) in [6, 6.07) is 19.4. The number of benzene rings is 2. The normalized spacial score (nSPS) is 17.1. The summed E-state index contributed by atoms with van der Waals surface area (Å²) >= 11 is 0. The van der Waals surface area contributed by atoms with E-state index in [1.54, 1.807) is 12.1 Å². The Morgan fingerprint density at radius 3 is 1.97 bits per heavy atom. The van der Waals surface area contributed by atoms with Gasteiger partial charge >= 0.3 is 6.09 Å². The quantitative estimate of drug-likeness (QED) is 0.349. The summed E-state index contributed by atoms with van der Waals surface area (Å²) in [5, 5.41) is 19.1. The van der Waals surface area contributed by atoms with Gasteiger partial charge in [0, 0.05) is 37.3 Å². The van der Waals surface area contributed by atoms with Crippen LogP contribution in [-0.2, 0) is 5.41 Å². The molecule has 36 heavy (non-hydrogen) atoms. The van der Waals surface area contributed by atoms with Crippen LogP contribution < -0.4 is 14.8 Å². The van der Waals surface area contributed by atoms with E-state index in [4.69, 9.17) is 14.6 Å². The van der Waals surface area contributed by atoms with Crippen LogP contribution in [0.4, 0.5) is 4.79 Å². The lowest BCUT2D eigenvalue weighted by atomic mass is 9.70. The van der Waals surface area contributed by atoms with E-state index in [1.807, 2.05) is 24.3 Å². The molecule has 1 fully saturated rings. The van der Waals surface area contributed by atoms with Crippen molar-refractivity contribution in [2.24, 2.45) is 0 Å². The van der Waals surface area contributed by atoms with Crippen LogP contribution in [0.25, 0.3) is 0 Å². The van der Waals surface area contributed by atoms with Gasteiger partial charge in [-0.2, -0.15) is 0 Å². The molecule has 1 aliphatic carbocycles. The van der Waals surface area contributed by atoms with Crippen molar-refractivity contribution < 1.29 is 24.2 Å². The first-order chi connectivity index (χ1) is 17.3. The van der Waals surface area contributed by atoms with Crippen LogP contribution in [0.1, 0.15) is 68.1 Å². The predicted molar refractivity (Wildman–Crippen MR) is 135 cm³/mol. The Hall–Kier alpha value is -3.94. The highest BCUT2D eigenvalue weighted by molar-refractivity contribution is 5.91. The van der Waals surface area contributed by atoms with Gasteiger partial charge in [-0.3, -0.25) is 4.79 Å². The number of carboxylic acid groups (broad SMARTS) is 1. The molecule has 1 aromatic heterocycles. The average Bonchev–Trinajstić information content (AvgIpc) is 2.85. The zero-order chi connectivity index (χ0) is 25.7. The van der Waals surface area contributed by atoms with Crippen LogP contribution in [0.15, 0.2) is 60.7 Å². The number of ether oxygens (including phenoxy) is 2. The highest BCUT2D eigenvalue weighted by Gasteiger charge is 2.33. The molecule has 0 aliphatic heterocycles. The first-order valence-electron chi connectivity index (χ1n) is 12.2. The molecule has 188 valence electrons. The fourth-order valence-corrected chi connectivity index (χ4v) is 4.76. The first kappa shape index (κ1) is 25.2. The van der Waals surface area contributed by atoms with E-state index in [2.05, 4.69) is 53.6 Å². The third kappa shape index (κ3) is 5.48. The Morgan fingerprint density at radius 2 is 1.50 bits per heavy atom. The predicted octanol–water partition coefficient (Wildman–Crippen LogP) is 5.76. The van der Waals surface area contributed by atoms with Gasteiger partial charge in [0.1, 0.15) is 23.3 Å². The van der Waals surface area contributed by atoms with E-state index in [-0.39, 0.29) is 23.3 Å². The van der Waals surface area contributed by atoms with Crippen LogP contribution >= 0.6 is 0 Å². The number of hydrogen-bond acceptors (Lipinski definition) is 6. The fourth-order valence-electron chi connectivity index (χ4n) is 4.76. The molecule has 0 bridgehead atoms. The highest BCUT2D eigenvalue weighted by Crippen LogP contribution is 2.40. The molecule has 0 unspecified atom stereocenters. The van der Waals surface area contributed by atoms with E-state index < -0.39 is 6.09 Å². The monoisotopic (exact) mass is 489 g/mol. The van der Waals surface area contributed by atoms with E-state index in [1.165, 1.54) is 18.1 Å². The largest absolute Gasteiger partial charge is 0.490 e. The molecule has 1 heterocycles. The zero-order valence-corrected chi connectivity index (χ0v) is 20.7. The summed E-state index contributed by atoms with van der Waals surface area (Å²) < 4.78 is 11.8. The van der Waals surface area contributed by atoms with Crippen molar-refractivity contribution in [3.63, 3.8) is 0 Å². The molecule has 4 rings (SSSR count). The van der Waals surface area contributed by atoms with Crippen LogP contribution in [0.2, 0.25) is 0 Å². The lowest BCUT2D eigenvalue weighted by molar-refractivity contribution is 0.0833. The Morgan fingerprint density at radius 1 is 0.917 bits per heavy atom. The molecule has 3 aromatic rings. The third-order valence-electron chi connectivity index (χ3n) is 6.97. The minimum Gasteiger partial charge on any atom is -0.490 e. The molecule has 1 aliphatic rings. The fraction of sp³-hybridized carbons (Fsp3) is 0.357. The van der Waals surface area contributed by atoms with Crippen LogP contribution in [-0.4, -0.2) is 39.3 Å². The molecule has 0 saturated heterocycles. The summed E-state index contributed by atoms with van der Waals surface area (Å²) in [6.07, 6.45) is 2.26. The molecular weight excluding hydrogens is 458 g/mol. The second-order valence-corrected chi connectivity index (χ2v) is 9.11. The maximum atomic E-state index is 11.4. The smallest absolute Gasteiger partial charge is 0.404 e. The maximum Gasteiger partial charge on any atom is 0.404 e. The maximum absolute atomic E-state index is 11.4. The van der Waals surface area contributed by atoms with E-state index >= 15 is 0 Å². The molecular formula is C28H31N3O5. The van der Waals surface area contributed by atoms with Gasteiger partial charge in [-0.15, -0.1) is 10.2 Å². The second-order valence-electron chi connectivity index (χ2n) is 9.11. The number of amides is 1. The number of Topliss-reactive ketones (excluding diaryl/α,β-unsaturated/α-hetero) is 1. The van der Waals surface area contributed by atoms with Gasteiger partial charge in [0.15, 0.2) is 5.78 Å². The number of carbonyl (C=O) groups excluding carboxylic acids is 1. The minimum atomic E-state index is -0.991. The Kier molecular flexibility index (Phi) is 7.52. The molecule has 2 aromatic carbocycles. The van der Waals surface area contributed by atoms with E-state index in [0.717, 1.165) is 18.6 Å². The number of hydrogen-bond donors (Lipinski definition) is 2. The lowest BCUT2D eigenvalue weighted by Gasteiger charge is -2.35. The molecule has 2 N–H and O–H groups in total. The number of carbonyl (C=O) groups is 2. The van der Waals surface area contributed by atoms with Crippen molar-refractivity contribution in [2.45, 2.75) is 64.0 Å². The third-order valence-corrected chi connectivity index (χ3v) is 6.97. The van der Waals surface area contributed by atoms with Crippen molar-refractivity contribution in [3.8, 4) is 17.4 Å². The van der Waals surface area contributed by atoms with Crippen LogP contribution in [0.3, 0.4) is 0 Å². The van der Waals surface area contributed by atoms with E-state index in [0.29, 0.717) is 30.2 Å². The van der Waals surface area contributed by atoms with Gasteiger partial charge in [0.05, 0.1) is 0 Å². The molecule has 8 nitrogen and oxygen atoms in total. The molecule has 0 atom stereocenters. The topological polar surface area (TPSA) is 111 Å². The van der Waals surface area contributed by atoms with Crippen molar-refractivity contribution in [1.29, 1.82) is 0 Å². The highest BCUT2D eigenvalue weighted by atomic mass is 16.5. The zero-order valence-electron chi connectivity index (χ0n) is 20.7. The standard InChI is InChI=1S/C28H31N3O5/c1-4-28(5-2,19-6-10-22(11-7-19)35-24-16-21(17-24)29-27(33)34)20-8-12-23(13-9-20)36-26-15-14-25(18(3)32)30-31-26/h6-15,21,24,29H,4-5,16-17H2,1-3H3,(H,33,34)/t21-,24-. The van der Waals surface area contributed by atoms with Crippen molar-refractivity contribution >= 4 is 11.9 Å². The second kappa shape index (κ2) is 10.8. The number of rotatable bonds is 10. The molecule has 8 heteroatoms. The summed E-state index contributed by atoms with van der Waals surface area (Å²) in [7, 11) is 0. The summed E-state index contributed by atoms with van der Waals surface area (Å²) in [5.74, 6) is 1.62. The summed E-state index contributed by atoms with van der Waals surface area (Å²) in [4.78, 5) is 22.1. The minimum absolute atomic E-state index is 0.0292. The van der Waals surface area contributed by atoms with Gasteiger partial charge in [-0.1, -0.05) is 38.1 Å². The summed E-state index contributed by atoms with van der Waals surface area (Å²) in [5.41, 5.74) is 2.54. The molecule has 0 radical (unpaired) electrons. The molecule has 0 spiro atoms. The van der Waals surface area contributed by atoms with Crippen molar-refractivity contribution in [3.05, 3.63) is 77.5 Å². The number of nitrogens with zero attached hydrogens (tertiary/aromatic N) is 2. The van der Waals surface area contributed by atoms with Crippen LogP contribution in [0, 0.1) is 0 Å². The van der Waals surface area contributed by atoms with Crippen molar-refractivity contribution in [1.82, 2.24) is 15.5 Å². The van der Waals surface area contributed by atoms with E-state index in [9.17, 15) is 9.59 Å². The lowest BCUT2D eigenvalue weighted by Crippen LogP contribution is -2.48. The van der Waals surface area contributed by atoms with Gasteiger partial charge in [0.2, 0.25) is 5.88 Å². The number of ketones is 1. The Balaban J connectivity index is 1.44. The molecule has 1 saturated carbocycles. The van der Waals surface area contributed by atoms with Gasteiger partial charge < -0.3 is 19.9 Å². The Bertz CT molecular complexity index is 1180. The van der Waals surface area contributed by atoms with Gasteiger partial charge in [-0.05, 0) is 54.3 Å². The summed E-state index contributed by atoms with van der Waals surface area (Å²) in [6.45, 7) is 5.83. The Labute approximate surface area is 210 Å². The molecule has 1 amide bonds. The average molecular weight is 490 g/mol. The SMILES string of the molecule is CCC(CC)(c1ccc(Oc2ccc(C(C)=O)nn2)cc1)c1ccc(O[C@H]2C[C@H](NC(=O)O)C2)cc1. The van der Waals surface area contributed by atoms with Gasteiger partial charge in [0.25, 0.3) is 0 Å². The first-order valence-corrected chi connectivity index (χ1v) is 12.2. The number of nitrogens with one attached hydrogen (secondary N) is 1. The van der Waals surface area contributed by atoms with Gasteiger partial charge in [-0.25, -0.2) is 4.79 Å². The van der Waals surface area contributed by atoms with Crippen molar-refractivity contribution in [2.75, 3.05) is 0 Å².